The second kappa shape index (κ2) is 3.55. The molecule has 3 nitrogen and oxygen atoms in total. The van der Waals surface area contributed by atoms with E-state index in [1.807, 2.05) is 6.07 Å². The molecule has 0 saturated heterocycles. The van der Waals surface area contributed by atoms with Crippen molar-refractivity contribution >= 4 is 11.5 Å². The molecule has 0 unspecified atom stereocenters. The zero-order valence-corrected chi connectivity index (χ0v) is 6.95. The fraction of sp³-hybridized carbons (Fsp3) is 0. The molecular weight excluding hydrogens is 164 g/mol. The number of carbonyl (C=O) groups is 1. The molecule has 0 aliphatic carbocycles. The Morgan fingerprint density at radius 2 is 2.08 bits per heavy atom. The normalized spacial score (nSPS) is 8.85. The zero-order chi connectivity index (χ0) is 9.84. The number of hydrogen-bond acceptors (Lipinski definition) is 2. The van der Waals surface area contributed by atoms with Crippen molar-refractivity contribution < 1.29 is 4.79 Å². The molecule has 1 amide bonds. The maximum Gasteiger partial charge on any atom is 0.248 e. The third-order valence-electron chi connectivity index (χ3n) is 1.67. The first-order valence-corrected chi connectivity index (χ1v) is 3.65. The predicted octanol–water partition coefficient (Wildman–Crippen LogP) is 1.06. The first-order valence-electron chi connectivity index (χ1n) is 3.65. The SMILES string of the molecule is C=C(C(N)=O)c1ccccc1C#N. The number of rotatable bonds is 2. The third-order valence-corrected chi connectivity index (χ3v) is 1.67. The van der Waals surface area contributed by atoms with Crippen LogP contribution >= 0.6 is 0 Å². The lowest BCUT2D eigenvalue weighted by Crippen LogP contribution is -2.12. The second-order valence-corrected chi connectivity index (χ2v) is 2.50. The molecule has 1 aromatic rings. The molecule has 0 saturated carbocycles. The number of benzene rings is 1. The second-order valence-electron chi connectivity index (χ2n) is 2.50. The van der Waals surface area contributed by atoms with Crippen molar-refractivity contribution in [1.29, 1.82) is 5.26 Å². The van der Waals surface area contributed by atoms with Crippen LogP contribution in [0.2, 0.25) is 0 Å². The lowest BCUT2D eigenvalue weighted by molar-refractivity contribution is -0.112. The molecule has 0 aromatic heterocycles. The highest BCUT2D eigenvalue weighted by atomic mass is 16.1. The van der Waals surface area contributed by atoms with Gasteiger partial charge in [0.2, 0.25) is 5.91 Å². The topological polar surface area (TPSA) is 66.9 Å². The number of amides is 1. The third kappa shape index (κ3) is 1.74. The quantitative estimate of drug-likeness (QED) is 0.677. The molecule has 0 aliphatic rings. The number of nitriles is 1. The smallest absolute Gasteiger partial charge is 0.248 e. The van der Waals surface area contributed by atoms with E-state index in [9.17, 15) is 4.79 Å². The summed E-state index contributed by atoms with van der Waals surface area (Å²) in [5, 5.41) is 8.71. The van der Waals surface area contributed by atoms with Gasteiger partial charge in [-0.3, -0.25) is 4.79 Å². The highest BCUT2D eigenvalue weighted by Crippen LogP contribution is 2.15. The van der Waals surface area contributed by atoms with Crippen molar-refractivity contribution in [3.63, 3.8) is 0 Å². The molecule has 2 N–H and O–H groups in total. The predicted molar refractivity (Wildman–Crippen MR) is 49.4 cm³/mol. The van der Waals surface area contributed by atoms with Gasteiger partial charge in [0.1, 0.15) is 0 Å². The first kappa shape index (κ1) is 9.01. The summed E-state index contributed by atoms with van der Waals surface area (Å²) in [5.74, 6) is -0.609. The summed E-state index contributed by atoms with van der Waals surface area (Å²) in [7, 11) is 0. The van der Waals surface area contributed by atoms with Crippen molar-refractivity contribution in [2.75, 3.05) is 0 Å². The zero-order valence-electron chi connectivity index (χ0n) is 6.95. The summed E-state index contributed by atoms with van der Waals surface area (Å²) in [6.45, 7) is 3.51. The Balaban J connectivity index is 3.23. The van der Waals surface area contributed by atoms with Gasteiger partial charge in [0, 0.05) is 11.1 Å². The molecule has 13 heavy (non-hydrogen) atoms. The molecule has 0 atom stereocenters. The van der Waals surface area contributed by atoms with Gasteiger partial charge < -0.3 is 5.73 Å². The van der Waals surface area contributed by atoms with E-state index in [0.29, 0.717) is 11.1 Å². The fourth-order valence-electron chi connectivity index (χ4n) is 0.976. The van der Waals surface area contributed by atoms with Crippen molar-refractivity contribution in [1.82, 2.24) is 0 Å². The Morgan fingerprint density at radius 1 is 1.46 bits per heavy atom. The van der Waals surface area contributed by atoms with E-state index >= 15 is 0 Å². The average Bonchev–Trinajstić information content (AvgIpc) is 2.16. The number of primary amides is 1. The van der Waals surface area contributed by atoms with E-state index in [4.69, 9.17) is 11.0 Å². The molecule has 0 heterocycles. The summed E-state index contributed by atoms with van der Waals surface area (Å²) in [6.07, 6.45) is 0. The average molecular weight is 172 g/mol. The summed E-state index contributed by atoms with van der Waals surface area (Å²) in [5.41, 5.74) is 6.11. The van der Waals surface area contributed by atoms with E-state index in [1.54, 1.807) is 24.3 Å². The minimum atomic E-state index is -0.609. The fourth-order valence-corrected chi connectivity index (χ4v) is 0.976. The monoisotopic (exact) mass is 172 g/mol. The van der Waals surface area contributed by atoms with Crippen LogP contribution in [-0.2, 0) is 4.79 Å². The Hall–Kier alpha value is -2.08. The molecule has 0 bridgehead atoms. The van der Waals surface area contributed by atoms with E-state index in [1.165, 1.54) is 0 Å². The molecule has 0 aliphatic heterocycles. The van der Waals surface area contributed by atoms with Gasteiger partial charge in [0.25, 0.3) is 0 Å². The van der Waals surface area contributed by atoms with Gasteiger partial charge in [-0.25, -0.2) is 0 Å². The van der Waals surface area contributed by atoms with E-state index in [2.05, 4.69) is 6.58 Å². The van der Waals surface area contributed by atoms with E-state index in [0.717, 1.165) is 0 Å². The molecule has 1 rings (SSSR count). The van der Waals surface area contributed by atoms with Crippen LogP contribution in [0.1, 0.15) is 11.1 Å². The highest BCUT2D eigenvalue weighted by molar-refractivity contribution is 6.18. The Bertz CT molecular complexity index is 402. The molecule has 1 aromatic carbocycles. The summed E-state index contributed by atoms with van der Waals surface area (Å²) < 4.78 is 0. The van der Waals surface area contributed by atoms with Gasteiger partial charge in [-0.1, -0.05) is 24.8 Å². The van der Waals surface area contributed by atoms with Crippen LogP contribution in [0.25, 0.3) is 5.57 Å². The Labute approximate surface area is 76.1 Å². The molecule has 0 spiro atoms. The number of hydrogen-bond donors (Lipinski definition) is 1. The van der Waals surface area contributed by atoms with E-state index < -0.39 is 5.91 Å². The maximum absolute atomic E-state index is 10.8. The van der Waals surface area contributed by atoms with Crippen LogP contribution in [-0.4, -0.2) is 5.91 Å². The molecule has 3 heteroatoms. The molecule has 0 radical (unpaired) electrons. The lowest BCUT2D eigenvalue weighted by atomic mass is 10.0. The van der Waals surface area contributed by atoms with Gasteiger partial charge >= 0.3 is 0 Å². The first-order chi connectivity index (χ1) is 6.16. The van der Waals surface area contributed by atoms with Gasteiger partial charge in [-0.15, -0.1) is 0 Å². The van der Waals surface area contributed by atoms with Crippen molar-refractivity contribution in [2.24, 2.45) is 5.73 Å². The van der Waals surface area contributed by atoms with Gasteiger partial charge in [-0.2, -0.15) is 5.26 Å². The minimum Gasteiger partial charge on any atom is -0.366 e. The van der Waals surface area contributed by atoms with Crippen molar-refractivity contribution in [3.8, 4) is 6.07 Å². The summed E-state index contributed by atoms with van der Waals surface area (Å²) >= 11 is 0. The van der Waals surface area contributed by atoms with E-state index in [-0.39, 0.29) is 5.57 Å². The Morgan fingerprint density at radius 3 is 2.62 bits per heavy atom. The van der Waals surface area contributed by atoms with Crippen molar-refractivity contribution in [3.05, 3.63) is 42.0 Å². The molecule has 64 valence electrons. The Kier molecular flexibility index (Phi) is 2.46. The molecule has 0 fully saturated rings. The van der Waals surface area contributed by atoms with Gasteiger partial charge in [-0.05, 0) is 6.07 Å². The summed E-state index contributed by atoms with van der Waals surface area (Å²) in [4.78, 5) is 10.8. The van der Waals surface area contributed by atoms with Crippen molar-refractivity contribution in [2.45, 2.75) is 0 Å². The largest absolute Gasteiger partial charge is 0.366 e. The lowest BCUT2D eigenvalue weighted by Gasteiger charge is -2.02. The van der Waals surface area contributed by atoms with Crippen LogP contribution in [0.5, 0.6) is 0 Å². The van der Waals surface area contributed by atoms with Crippen LogP contribution < -0.4 is 5.73 Å². The van der Waals surface area contributed by atoms with Crippen LogP contribution in [0.3, 0.4) is 0 Å². The minimum absolute atomic E-state index is 0.164. The van der Waals surface area contributed by atoms with Gasteiger partial charge in [0.15, 0.2) is 0 Å². The maximum atomic E-state index is 10.8. The van der Waals surface area contributed by atoms with Gasteiger partial charge in [0.05, 0.1) is 11.6 Å². The number of nitrogens with zero attached hydrogens (tertiary/aromatic N) is 1. The number of nitrogens with two attached hydrogens (primary N) is 1. The standard InChI is InChI=1S/C10H8N2O/c1-7(10(12)13)9-5-3-2-4-8(9)6-11/h2-5H,1H2,(H2,12,13). The van der Waals surface area contributed by atoms with Crippen LogP contribution in [0, 0.1) is 11.3 Å². The molecular formula is C10H8N2O. The summed E-state index contributed by atoms with van der Waals surface area (Å²) in [6, 6.07) is 8.67. The highest BCUT2D eigenvalue weighted by Gasteiger charge is 2.08. The number of carbonyl (C=O) groups excluding carboxylic acids is 1. The van der Waals surface area contributed by atoms with Crippen LogP contribution in [0.15, 0.2) is 30.8 Å². The van der Waals surface area contributed by atoms with Crippen LogP contribution in [0.4, 0.5) is 0 Å².